The van der Waals surface area contributed by atoms with Crippen molar-refractivity contribution in [3.63, 3.8) is 0 Å². The predicted molar refractivity (Wildman–Crippen MR) is 71.7 cm³/mol. The maximum atomic E-state index is 13.3. The first kappa shape index (κ1) is 15.7. The Hall–Kier alpha value is -1.40. The van der Waals surface area contributed by atoms with Crippen LogP contribution in [0, 0.1) is 11.6 Å². The molecule has 1 aromatic carbocycles. The zero-order chi connectivity index (χ0) is 13.0. The van der Waals surface area contributed by atoms with Crippen LogP contribution in [0.1, 0.15) is 12.8 Å². The van der Waals surface area contributed by atoms with Crippen LogP contribution in [-0.2, 0) is 0 Å². The van der Waals surface area contributed by atoms with Gasteiger partial charge in [-0.3, -0.25) is 0 Å². The summed E-state index contributed by atoms with van der Waals surface area (Å²) in [5.74, 6) is -1.57. The molecule has 1 aliphatic rings. The first-order valence-corrected chi connectivity index (χ1v) is 5.89. The molecule has 4 nitrogen and oxygen atoms in total. The number of rotatable bonds is 2. The summed E-state index contributed by atoms with van der Waals surface area (Å²) in [5.41, 5.74) is -0.418. The van der Waals surface area contributed by atoms with Crippen molar-refractivity contribution in [2.45, 2.75) is 18.9 Å². The second-order valence-corrected chi connectivity index (χ2v) is 4.24. The predicted octanol–water partition coefficient (Wildman–Crippen LogP) is 2.26. The Labute approximate surface area is 116 Å². The normalized spacial score (nSPS) is 18.3. The van der Waals surface area contributed by atoms with Crippen LogP contribution in [0.15, 0.2) is 18.2 Å². The van der Waals surface area contributed by atoms with Gasteiger partial charge in [0.25, 0.3) is 0 Å². The number of anilines is 1. The Morgan fingerprint density at radius 1 is 1.32 bits per heavy atom. The van der Waals surface area contributed by atoms with Gasteiger partial charge in [-0.05, 0) is 31.5 Å². The first-order chi connectivity index (χ1) is 8.66. The fraction of sp³-hybridized carbons (Fsp3) is 0.417. The average molecular weight is 292 g/mol. The Bertz CT molecular complexity index is 419. The third-order valence-electron chi connectivity index (χ3n) is 2.83. The Morgan fingerprint density at radius 3 is 2.58 bits per heavy atom. The smallest absolute Gasteiger partial charge is 0.319 e. The van der Waals surface area contributed by atoms with Gasteiger partial charge in [0.2, 0.25) is 0 Å². The van der Waals surface area contributed by atoms with Crippen molar-refractivity contribution in [3.8, 4) is 0 Å². The second kappa shape index (κ2) is 7.25. The van der Waals surface area contributed by atoms with Crippen LogP contribution in [0.2, 0.25) is 0 Å². The average Bonchev–Trinajstić information content (AvgIpc) is 2.35. The molecule has 1 unspecified atom stereocenters. The number of benzene rings is 1. The number of hydrogen-bond acceptors (Lipinski definition) is 2. The highest BCUT2D eigenvalue weighted by Crippen LogP contribution is 2.17. The van der Waals surface area contributed by atoms with Crippen molar-refractivity contribution >= 4 is 24.1 Å². The van der Waals surface area contributed by atoms with E-state index in [1.165, 1.54) is 6.07 Å². The molecule has 0 radical (unpaired) electrons. The molecule has 19 heavy (non-hydrogen) atoms. The maximum Gasteiger partial charge on any atom is 0.319 e. The highest BCUT2D eigenvalue weighted by molar-refractivity contribution is 5.89. The van der Waals surface area contributed by atoms with Crippen LogP contribution in [0.3, 0.4) is 0 Å². The lowest BCUT2D eigenvalue weighted by Crippen LogP contribution is -2.47. The van der Waals surface area contributed by atoms with Gasteiger partial charge >= 0.3 is 6.03 Å². The standard InChI is InChI=1S/C12H15F2N3O.ClH/c13-9-4-1-5-10(14)11(9)17-12(18)16-8-3-2-6-15-7-8;/h1,4-5,8,15H,2-3,6-7H2,(H2,16,17,18);1H. The molecule has 106 valence electrons. The largest absolute Gasteiger partial charge is 0.334 e. The summed E-state index contributed by atoms with van der Waals surface area (Å²) in [5, 5.41) is 8.01. The molecule has 1 atom stereocenters. The van der Waals surface area contributed by atoms with Crippen LogP contribution in [0.5, 0.6) is 0 Å². The van der Waals surface area contributed by atoms with Gasteiger partial charge < -0.3 is 16.0 Å². The summed E-state index contributed by atoms with van der Waals surface area (Å²) in [6.07, 6.45) is 1.83. The molecule has 0 aliphatic carbocycles. The van der Waals surface area contributed by atoms with E-state index < -0.39 is 23.4 Å². The van der Waals surface area contributed by atoms with E-state index in [-0.39, 0.29) is 18.4 Å². The SMILES string of the molecule is Cl.O=C(Nc1c(F)cccc1F)NC1CCCNC1. The number of piperidine rings is 1. The molecule has 1 saturated heterocycles. The topological polar surface area (TPSA) is 53.2 Å². The summed E-state index contributed by atoms with van der Waals surface area (Å²) in [6.45, 7) is 1.61. The highest BCUT2D eigenvalue weighted by atomic mass is 35.5. The van der Waals surface area contributed by atoms with Gasteiger partial charge in [-0.25, -0.2) is 13.6 Å². The summed E-state index contributed by atoms with van der Waals surface area (Å²) in [6, 6.07) is 2.85. The molecular weight excluding hydrogens is 276 g/mol. The minimum absolute atomic E-state index is 0. The van der Waals surface area contributed by atoms with Crippen molar-refractivity contribution in [2.75, 3.05) is 18.4 Å². The van der Waals surface area contributed by atoms with Crippen molar-refractivity contribution < 1.29 is 13.6 Å². The minimum atomic E-state index is -0.785. The monoisotopic (exact) mass is 291 g/mol. The summed E-state index contributed by atoms with van der Waals surface area (Å²) >= 11 is 0. The second-order valence-electron chi connectivity index (χ2n) is 4.24. The molecule has 0 saturated carbocycles. The van der Waals surface area contributed by atoms with Gasteiger partial charge in [-0.2, -0.15) is 0 Å². The van der Waals surface area contributed by atoms with Crippen LogP contribution < -0.4 is 16.0 Å². The number of carbonyl (C=O) groups excluding carboxylic acids is 1. The molecule has 2 amide bonds. The number of para-hydroxylation sites is 1. The number of carbonyl (C=O) groups is 1. The lowest BCUT2D eigenvalue weighted by Gasteiger charge is -2.23. The molecule has 2 rings (SSSR count). The highest BCUT2D eigenvalue weighted by Gasteiger charge is 2.17. The Morgan fingerprint density at radius 2 is 2.00 bits per heavy atom. The number of nitrogens with one attached hydrogen (secondary N) is 3. The number of hydrogen-bond donors (Lipinski definition) is 3. The third kappa shape index (κ3) is 4.33. The van der Waals surface area contributed by atoms with Gasteiger partial charge in [0.05, 0.1) is 0 Å². The van der Waals surface area contributed by atoms with E-state index in [9.17, 15) is 13.6 Å². The van der Waals surface area contributed by atoms with Gasteiger partial charge in [0, 0.05) is 12.6 Å². The number of halogens is 3. The van der Waals surface area contributed by atoms with Crippen LogP contribution in [0.25, 0.3) is 0 Å². The Kier molecular flexibility index (Phi) is 5.98. The first-order valence-electron chi connectivity index (χ1n) is 5.89. The maximum absolute atomic E-state index is 13.3. The van der Waals surface area contributed by atoms with Gasteiger partial charge in [-0.15, -0.1) is 12.4 Å². The van der Waals surface area contributed by atoms with Crippen molar-refractivity contribution in [1.82, 2.24) is 10.6 Å². The molecule has 1 heterocycles. The van der Waals surface area contributed by atoms with E-state index in [2.05, 4.69) is 16.0 Å². The Balaban J connectivity index is 0.00000180. The van der Waals surface area contributed by atoms with Crippen LogP contribution in [-0.4, -0.2) is 25.2 Å². The van der Waals surface area contributed by atoms with Gasteiger partial charge in [0.15, 0.2) is 0 Å². The molecule has 1 aliphatic heterocycles. The molecule has 1 aromatic rings. The van der Waals surface area contributed by atoms with Gasteiger partial charge in [-0.1, -0.05) is 6.07 Å². The van der Waals surface area contributed by atoms with E-state index in [1.54, 1.807) is 0 Å². The van der Waals surface area contributed by atoms with Crippen LogP contribution >= 0.6 is 12.4 Å². The summed E-state index contributed by atoms with van der Waals surface area (Å²) in [4.78, 5) is 11.6. The molecule has 0 spiro atoms. The number of amides is 2. The van der Waals surface area contributed by atoms with E-state index in [4.69, 9.17) is 0 Å². The summed E-state index contributed by atoms with van der Waals surface area (Å²) in [7, 11) is 0. The molecule has 3 N–H and O–H groups in total. The van der Waals surface area contributed by atoms with Gasteiger partial charge in [0.1, 0.15) is 17.3 Å². The molecular formula is C12H16ClF2N3O. The lowest BCUT2D eigenvalue weighted by atomic mass is 10.1. The van der Waals surface area contributed by atoms with E-state index >= 15 is 0 Å². The fourth-order valence-electron chi connectivity index (χ4n) is 1.93. The van der Waals surface area contributed by atoms with Crippen molar-refractivity contribution in [3.05, 3.63) is 29.8 Å². The molecule has 1 fully saturated rings. The van der Waals surface area contributed by atoms with Crippen LogP contribution in [0.4, 0.5) is 19.3 Å². The lowest BCUT2D eigenvalue weighted by molar-refractivity contribution is 0.245. The zero-order valence-electron chi connectivity index (χ0n) is 10.2. The molecule has 0 aromatic heterocycles. The van der Waals surface area contributed by atoms with E-state index in [0.29, 0.717) is 6.54 Å². The number of urea groups is 1. The quantitative estimate of drug-likeness (QED) is 0.783. The minimum Gasteiger partial charge on any atom is -0.334 e. The van der Waals surface area contributed by atoms with Crippen molar-refractivity contribution in [1.29, 1.82) is 0 Å². The van der Waals surface area contributed by atoms with E-state index in [0.717, 1.165) is 31.5 Å². The third-order valence-corrected chi connectivity index (χ3v) is 2.83. The van der Waals surface area contributed by atoms with E-state index in [1.807, 2.05) is 0 Å². The fourth-order valence-corrected chi connectivity index (χ4v) is 1.93. The molecule has 7 heteroatoms. The zero-order valence-corrected chi connectivity index (χ0v) is 11.0. The molecule has 0 bridgehead atoms. The van der Waals surface area contributed by atoms with Crippen molar-refractivity contribution in [2.24, 2.45) is 0 Å². The summed E-state index contributed by atoms with van der Waals surface area (Å²) < 4.78 is 26.6.